The molecule has 5 nitrogen and oxygen atoms in total. The zero-order valence-corrected chi connectivity index (χ0v) is 18.3. The second-order valence-corrected chi connectivity index (χ2v) is 8.82. The average Bonchev–Trinajstić information content (AvgIpc) is 2.60. The first-order valence-corrected chi connectivity index (χ1v) is 10.9. The van der Waals surface area contributed by atoms with E-state index in [1.165, 1.54) is 12.1 Å². The maximum Gasteiger partial charge on any atom is 0.309 e. The van der Waals surface area contributed by atoms with Crippen LogP contribution >= 0.6 is 0 Å². The molecule has 0 saturated carbocycles. The summed E-state index contributed by atoms with van der Waals surface area (Å²) in [5.74, 6) is -0.949. The smallest absolute Gasteiger partial charge is 0.309 e. The minimum atomic E-state index is -3.84. The fourth-order valence-electron chi connectivity index (χ4n) is 2.89. The van der Waals surface area contributed by atoms with E-state index in [0.717, 1.165) is 16.7 Å². The third-order valence-corrected chi connectivity index (χ3v) is 5.79. The van der Waals surface area contributed by atoms with E-state index >= 15 is 0 Å². The van der Waals surface area contributed by atoms with E-state index in [0.29, 0.717) is 19.4 Å². The van der Waals surface area contributed by atoms with Crippen LogP contribution in [-0.4, -0.2) is 27.6 Å². The summed E-state index contributed by atoms with van der Waals surface area (Å²) in [7, 11) is -3.84. The monoisotopic (exact) mass is 408 g/mol. The van der Waals surface area contributed by atoms with Crippen molar-refractivity contribution in [1.29, 1.82) is 0 Å². The lowest BCUT2D eigenvalue weighted by Crippen LogP contribution is -2.28. The summed E-state index contributed by atoms with van der Waals surface area (Å²) in [6.07, 6.45) is 2.87. The topological polar surface area (TPSA) is 69.7 Å². The largest absolute Gasteiger partial charge is 0.466 e. The Kier molecular flexibility index (Phi) is 9.62. The van der Waals surface area contributed by atoms with Crippen molar-refractivity contribution in [2.45, 2.75) is 52.4 Å². The van der Waals surface area contributed by atoms with Gasteiger partial charge in [-0.2, -0.15) is 8.42 Å². The quantitative estimate of drug-likeness (QED) is 0.298. The first-order chi connectivity index (χ1) is 13.1. The molecular weight excluding hydrogens is 376 g/mol. The molecule has 0 heterocycles. The van der Waals surface area contributed by atoms with Crippen LogP contribution in [0, 0.1) is 18.8 Å². The number of aryl methyl sites for hydroxylation is 1. The lowest BCUT2D eigenvalue weighted by atomic mass is 9.82. The third kappa shape index (κ3) is 7.60. The molecule has 28 heavy (non-hydrogen) atoms. The van der Waals surface area contributed by atoms with Gasteiger partial charge in [0.2, 0.25) is 0 Å². The molecule has 0 radical (unpaired) electrons. The van der Waals surface area contributed by atoms with Crippen LogP contribution in [0.25, 0.3) is 0 Å². The molecule has 0 aliphatic carbocycles. The predicted molar refractivity (Wildman–Crippen MR) is 111 cm³/mol. The van der Waals surface area contributed by atoms with Gasteiger partial charge < -0.3 is 4.74 Å². The second-order valence-electron chi connectivity index (χ2n) is 7.21. The number of hydrogen-bond acceptors (Lipinski definition) is 5. The van der Waals surface area contributed by atoms with Gasteiger partial charge in [0.15, 0.2) is 0 Å². The van der Waals surface area contributed by atoms with Crippen molar-refractivity contribution in [3.63, 3.8) is 0 Å². The van der Waals surface area contributed by atoms with E-state index < -0.39 is 16.0 Å². The highest BCUT2D eigenvalue weighted by Gasteiger charge is 2.30. The van der Waals surface area contributed by atoms with Crippen LogP contribution in [0.3, 0.4) is 0 Å². The molecule has 1 aromatic rings. The molecule has 2 atom stereocenters. The molecule has 0 bridgehead atoms. The van der Waals surface area contributed by atoms with Crippen LogP contribution in [0.5, 0.6) is 0 Å². The van der Waals surface area contributed by atoms with Crippen molar-refractivity contribution in [2.75, 3.05) is 13.2 Å². The van der Waals surface area contributed by atoms with Crippen molar-refractivity contribution in [1.82, 2.24) is 0 Å². The SMILES string of the molecule is C=C(C)C(CCOS(=O)(=O)c1ccc(C)cc1)C(CC=C(C)C)C(=O)OCC. The molecule has 1 rings (SSSR count). The van der Waals surface area contributed by atoms with Gasteiger partial charge in [-0.1, -0.05) is 41.5 Å². The molecule has 0 aliphatic heterocycles. The first kappa shape index (κ1) is 24.1. The maximum atomic E-state index is 12.5. The van der Waals surface area contributed by atoms with E-state index in [9.17, 15) is 13.2 Å². The summed E-state index contributed by atoms with van der Waals surface area (Å²) >= 11 is 0. The minimum absolute atomic E-state index is 0.0293. The zero-order valence-electron chi connectivity index (χ0n) is 17.5. The fourth-order valence-corrected chi connectivity index (χ4v) is 3.81. The summed E-state index contributed by atoms with van der Waals surface area (Å²) in [5, 5.41) is 0. The van der Waals surface area contributed by atoms with Gasteiger partial charge in [-0.05, 0) is 65.5 Å². The van der Waals surface area contributed by atoms with Gasteiger partial charge in [-0.25, -0.2) is 0 Å². The van der Waals surface area contributed by atoms with E-state index in [1.807, 2.05) is 33.8 Å². The van der Waals surface area contributed by atoms with E-state index in [-0.39, 0.29) is 23.4 Å². The molecule has 156 valence electrons. The van der Waals surface area contributed by atoms with Gasteiger partial charge in [0, 0.05) is 0 Å². The Balaban J connectivity index is 2.89. The highest BCUT2D eigenvalue weighted by Crippen LogP contribution is 2.29. The summed E-state index contributed by atoms with van der Waals surface area (Å²) in [5.41, 5.74) is 2.88. The Hall–Kier alpha value is -1.92. The predicted octanol–water partition coefficient (Wildman–Crippen LogP) is 4.82. The fraction of sp³-hybridized carbons (Fsp3) is 0.500. The van der Waals surface area contributed by atoms with Crippen LogP contribution in [-0.2, 0) is 23.8 Å². The van der Waals surface area contributed by atoms with Crippen molar-refractivity contribution in [3.8, 4) is 0 Å². The first-order valence-electron chi connectivity index (χ1n) is 9.50. The lowest BCUT2D eigenvalue weighted by molar-refractivity contribution is -0.149. The number of rotatable bonds is 11. The molecule has 0 saturated heterocycles. The Morgan fingerprint density at radius 1 is 1.14 bits per heavy atom. The summed E-state index contributed by atoms with van der Waals surface area (Å²) < 4.78 is 35.2. The molecule has 0 amide bonds. The number of ether oxygens (including phenoxy) is 1. The number of allylic oxidation sites excluding steroid dienone is 3. The van der Waals surface area contributed by atoms with E-state index in [4.69, 9.17) is 8.92 Å². The molecule has 0 aliphatic rings. The third-order valence-electron chi connectivity index (χ3n) is 4.47. The zero-order chi connectivity index (χ0) is 21.3. The average molecular weight is 409 g/mol. The molecule has 0 aromatic heterocycles. The van der Waals surface area contributed by atoms with E-state index in [1.54, 1.807) is 19.1 Å². The normalized spacial score (nSPS) is 13.5. The van der Waals surface area contributed by atoms with Crippen molar-refractivity contribution in [3.05, 3.63) is 53.6 Å². The van der Waals surface area contributed by atoms with Gasteiger partial charge >= 0.3 is 5.97 Å². The van der Waals surface area contributed by atoms with Crippen LogP contribution in [0.15, 0.2) is 53.0 Å². The summed E-state index contributed by atoms with van der Waals surface area (Å²) in [4.78, 5) is 12.6. The summed E-state index contributed by atoms with van der Waals surface area (Å²) in [6.45, 7) is 13.7. The van der Waals surface area contributed by atoms with Crippen LogP contribution < -0.4 is 0 Å². The molecular formula is C22H32O5S. The Bertz CT molecular complexity index is 787. The highest BCUT2D eigenvalue weighted by molar-refractivity contribution is 7.86. The lowest BCUT2D eigenvalue weighted by Gasteiger charge is -2.25. The Morgan fingerprint density at radius 2 is 1.75 bits per heavy atom. The van der Waals surface area contributed by atoms with Crippen LogP contribution in [0.4, 0.5) is 0 Å². The standard InChI is InChI=1S/C22H32O5S/c1-7-26-22(23)21(13-8-16(2)3)20(17(4)5)14-15-27-28(24,25)19-11-9-18(6)10-12-19/h8-12,20-21H,4,7,13-15H2,1-3,5-6H3. The molecule has 1 aromatic carbocycles. The van der Waals surface area contributed by atoms with Gasteiger partial charge in [-0.3, -0.25) is 8.98 Å². The number of carbonyl (C=O) groups is 1. The van der Waals surface area contributed by atoms with Crippen LogP contribution in [0.2, 0.25) is 0 Å². The number of esters is 1. The van der Waals surface area contributed by atoms with Crippen LogP contribution in [0.1, 0.15) is 46.1 Å². The van der Waals surface area contributed by atoms with Gasteiger partial charge in [0.25, 0.3) is 10.1 Å². The maximum absolute atomic E-state index is 12.5. The van der Waals surface area contributed by atoms with Crippen molar-refractivity contribution in [2.24, 2.45) is 11.8 Å². The minimum Gasteiger partial charge on any atom is -0.466 e. The molecule has 0 fully saturated rings. The Labute approximate surface area is 169 Å². The number of benzene rings is 1. The molecule has 2 unspecified atom stereocenters. The van der Waals surface area contributed by atoms with E-state index in [2.05, 4.69) is 6.58 Å². The summed E-state index contributed by atoms with van der Waals surface area (Å²) in [6, 6.07) is 6.50. The van der Waals surface area contributed by atoms with Crippen molar-refractivity contribution >= 4 is 16.1 Å². The van der Waals surface area contributed by atoms with Gasteiger partial charge in [0.1, 0.15) is 0 Å². The second kappa shape index (κ2) is 11.2. The molecule has 0 spiro atoms. The Morgan fingerprint density at radius 3 is 2.25 bits per heavy atom. The van der Waals surface area contributed by atoms with Gasteiger partial charge in [0.05, 0.1) is 24.0 Å². The highest BCUT2D eigenvalue weighted by atomic mass is 32.2. The molecule has 6 heteroatoms. The van der Waals surface area contributed by atoms with Gasteiger partial charge in [-0.15, -0.1) is 0 Å². The number of carbonyl (C=O) groups excluding carboxylic acids is 1. The molecule has 0 N–H and O–H groups in total. The number of hydrogen-bond donors (Lipinski definition) is 0. The van der Waals surface area contributed by atoms with Crippen molar-refractivity contribution < 1.29 is 22.1 Å².